The Morgan fingerprint density at radius 1 is 1.30 bits per heavy atom. The Bertz CT molecular complexity index is 743. The predicted octanol–water partition coefficient (Wildman–Crippen LogP) is 1.46. The Hall–Kier alpha value is -1.99. The first kappa shape index (κ1) is 14.6. The maximum absolute atomic E-state index is 11.1. The third kappa shape index (κ3) is 2.31. The second-order valence-corrected chi connectivity index (χ2v) is 6.54. The molecule has 2 aliphatic rings. The minimum atomic E-state index is -0.507. The van der Waals surface area contributed by atoms with E-state index in [0.717, 1.165) is 25.7 Å². The Labute approximate surface area is 134 Å². The van der Waals surface area contributed by atoms with Gasteiger partial charge < -0.3 is 20.1 Å². The largest absolute Gasteiger partial charge is 0.390 e. The summed E-state index contributed by atoms with van der Waals surface area (Å²) in [5.41, 5.74) is 6.92. The molecule has 3 atom stereocenters. The average molecular weight is 315 g/mol. The summed E-state index contributed by atoms with van der Waals surface area (Å²) < 4.78 is 7.67. The highest BCUT2D eigenvalue weighted by Crippen LogP contribution is 2.46. The van der Waals surface area contributed by atoms with Crippen molar-refractivity contribution in [2.45, 2.75) is 37.8 Å². The van der Waals surface area contributed by atoms with E-state index in [1.54, 1.807) is 6.33 Å². The fraction of sp³-hybridized carbons (Fsp3) is 0.562. The van der Waals surface area contributed by atoms with Gasteiger partial charge in [0.2, 0.25) is 0 Å². The number of nitrogens with zero attached hydrogens (tertiary/aromatic N) is 4. The topological polar surface area (TPSA) is 99.1 Å². The Morgan fingerprint density at radius 2 is 2.22 bits per heavy atom. The number of rotatable bonds is 1. The van der Waals surface area contributed by atoms with Crippen LogP contribution in [-0.4, -0.2) is 43.9 Å². The fourth-order valence-electron chi connectivity index (χ4n) is 3.94. The van der Waals surface area contributed by atoms with Crippen LogP contribution in [0.25, 0.3) is 11.2 Å². The van der Waals surface area contributed by atoms with Gasteiger partial charge in [-0.2, -0.15) is 0 Å². The molecule has 0 radical (unpaired) electrons. The molecule has 1 aliphatic heterocycles. The molecule has 1 spiro atoms. The predicted molar refractivity (Wildman–Crippen MR) is 85.6 cm³/mol. The molecule has 1 aliphatic carbocycles. The maximum atomic E-state index is 11.1. The molecule has 1 unspecified atom stereocenters. The van der Waals surface area contributed by atoms with Crippen LogP contribution in [0.5, 0.6) is 0 Å². The second kappa shape index (κ2) is 5.58. The third-order valence-electron chi connectivity index (χ3n) is 5.21. The van der Waals surface area contributed by atoms with Crippen molar-refractivity contribution in [1.82, 2.24) is 19.5 Å². The first-order chi connectivity index (χ1) is 11.2. The maximum Gasteiger partial charge on any atom is 0.165 e. The Kier molecular flexibility index (Phi) is 3.54. The van der Waals surface area contributed by atoms with Gasteiger partial charge in [-0.25, -0.2) is 15.0 Å². The summed E-state index contributed by atoms with van der Waals surface area (Å²) in [7, 11) is 0. The van der Waals surface area contributed by atoms with Crippen molar-refractivity contribution in [2.24, 2.45) is 5.41 Å². The highest BCUT2D eigenvalue weighted by molar-refractivity contribution is 5.81. The highest BCUT2D eigenvalue weighted by atomic mass is 16.5. The van der Waals surface area contributed by atoms with E-state index in [0.29, 0.717) is 30.2 Å². The van der Waals surface area contributed by atoms with E-state index in [9.17, 15) is 5.11 Å². The molecule has 0 aromatic carbocycles. The van der Waals surface area contributed by atoms with Crippen molar-refractivity contribution in [2.75, 3.05) is 18.9 Å². The average Bonchev–Trinajstić information content (AvgIpc) is 2.84. The number of allylic oxidation sites excluding steroid dienone is 1. The summed E-state index contributed by atoms with van der Waals surface area (Å²) in [6.45, 7) is 1.21. The molecule has 2 aromatic heterocycles. The van der Waals surface area contributed by atoms with Gasteiger partial charge in [0.05, 0.1) is 31.7 Å². The smallest absolute Gasteiger partial charge is 0.165 e. The lowest BCUT2D eigenvalue weighted by molar-refractivity contribution is -0.0843. The van der Waals surface area contributed by atoms with Crippen molar-refractivity contribution in [3.8, 4) is 0 Å². The van der Waals surface area contributed by atoms with Crippen molar-refractivity contribution >= 4 is 17.0 Å². The van der Waals surface area contributed by atoms with E-state index in [1.807, 2.05) is 10.6 Å². The summed E-state index contributed by atoms with van der Waals surface area (Å²) in [5, 5.41) is 11.1. The lowest BCUT2D eigenvalue weighted by atomic mass is 9.68. The fourth-order valence-corrected chi connectivity index (χ4v) is 3.94. The zero-order valence-electron chi connectivity index (χ0n) is 12.9. The molecule has 7 heteroatoms. The molecular weight excluding hydrogens is 294 g/mol. The molecule has 3 heterocycles. The minimum Gasteiger partial charge on any atom is -0.390 e. The van der Waals surface area contributed by atoms with E-state index >= 15 is 0 Å². The highest BCUT2D eigenvalue weighted by Gasteiger charge is 2.45. The van der Waals surface area contributed by atoms with Crippen molar-refractivity contribution in [3.63, 3.8) is 0 Å². The van der Waals surface area contributed by atoms with Gasteiger partial charge in [-0.3, -0.25) is 0 Å². The third-order valence-corrected chi connectivity index (χ3v) is 5.21. The molecule has 4 rings (SSSR count). The molecule has 122 valence electrons. The number of imidazole rings is 1. The molecule has 1 saturated carbocycles. The second-order valence-electron chi connectivity index (χ2n) is 6.54. The van der Waals surface area contributed by atoms with Gasteiger partial charge in [0.25, 0.3) is 0 Å². The zero-order valence-corrected chi connectivity index (χ0v) is 12.9. The van der Waals surface area contributed by atoms with Gasteiger partial charge >= 0.3 is 0 Å². The first-order valence-electron chi connectivity index (χ1n) is 8.05. The van der Waals surface area contributed by atoms with Crippen LogP contribution >= 0.6 is 0 Å². The lowest BCUT2D eigenvalue weighted by Crippen LogP contribution is -2.47. The molecule has 0 saturated heterocycles. The van der Waals surface area contributed by atoms with Crippen LogP contribution < -0.4 is 5.73 Å². The van der Waals surface area contributed by atoms with Crippen LogP contribution in [0, 0.1) is 5.41 Å². The number of hydrogen-bond donors (Lipinski definition) is 2. The van der Waals surface area contributed by atoms with Crippen molar-refractivity contribution < 1.29 is 9.84 Å². The van der Waals surface area contributed by atoms with E-state index in [4.69, 9.17) is 10.5 Å². The number of anilines is 1. The molecule has 0 amide bonds. The van der Waals surface area contributed by atoms with Crippen LogP contribution in [-0.2, 0) is 4.74 Å². The minimum absolute atomic E-state index is 0.0712. The van der Waals surface area contributed by atoms with Crippen LogP contribution in [0.15, 0.2) is 24.8 Å². The summed E-state index contributed by atoms with van der Waals surface area (Å²) in [5.74, 6) is 0.370. The van der Waals surface area contributed by atoms with Gasteiger partial charge in [-0.1, -0.05) is 18.6 Å². The van der Waals surface area contributed by atoms with Gasteiger partial charge in [-0.15, -0.1) is 0 Å². The Morgan fingerprint density at radius 3 is 3.13 bits per heavy atom. The number of aliphatic hydroxyl groups excluding tert-OH is 1. The molecule has 23 heavy (non-hydrogen) atoms. The van der Waals surface area contributed by atoms with Gasteiger partial charge in [-0.05, 0) is 19.3 Å². The van der Waals surface area contributed by atoms with E-state index < -0.39 is 6.10 Å². The van der Waals surface area contributed by atoms with Crippen molar-refractivity contribution in [1.29, 1.82) is 0 Å². The van der Waals surface area contributed by atoms with E-state index in [1.165, 1.54) is 6.33 Å². The van der Waals surface area contributed by atoms with Gasteiger partial charge in [0.1, 0.15) is 11.8 Å². The summed E-state index contributed by atoms with van der Waals surface area (Å²) in [4.78, 5) is 12.6. The number of aliphatic hydroxyl groups is 1. The molecule has 0 bridgehead atoms. The van der Waals surface area contributed by atoms with Gasteiger partial charge in [0, 0.05) is 5.41 Å². The van der Waals surface area contributed by atoms with Crippen LogP contribution in [0.4, 0.5) is 5.82 Å². The molecule has 1 fully saturated rings. The van der Waals surface area contributed by atoms with Crippen molar-refractivity contribution in [3.05, 3.63) is 24.8 Å². The number of ether oxygens (including phenoxy) is 1. The number of aromatic nitrogens is 4. The van der Waals surface area contributed by atoms with Crippen LogP contribution in [0.3, 0.4) is 0 Å². The normalized spacial score (nSPS) is 31.5. The van der Waals surface area contributed by atoms with E-state index in [2.05, 4.69) is 21.0 Å². The standard InChI is InChI=1S/C16H21N5O2/c17-14-12-15(19-9-18-14)21(10-20-12)11-4-3-6-16(13(11)22)5-1-2-7-23-8-16/h1-2,9-11,13,22H,3-8H2,(H2,17,18,19)/t11?,13-,16-/m0/s1. The Balaban J connectivity index is 1.73. The first-order valence-corrected chi connectivity index (χ1v) is 8.05. The van der Waals surface area contributed by atoms with Crippen LogP contribution in [0.2, 0.25) is 0 Å². The number of fused-ring (bicyclic) bond motifs is 1. The SMILES string of the molecule is Nc1ncnc2c1ncn2C1CCC[C@]2(CC=CCOC2)[C@H]1O. The van der Waals surface area contributed by atoms with Crippen LogP contribution in [0.1, 0.15) is 31.7 Å². The summed E-state index contributed by atoms with van der Waals surface area (Å²) >= 11 is 0. The zero-order chi connectivity index (χ0) is 15.9. The lowest BCUT2D eigenvalue weighted by Gasteiger charge is -2.44. The van der Waals surface area contributed by atoms with E-state index in [-0.39, 0.29) is 11.5 Å². The molecule has 2 aromatic rings. The molecule has 7 nitrogen and oxygen atoms in total. The number of hydrogen-bond acceptors (Lipinski definition) is 6. The quantitative estimate of drug-likeness (QED) is 0.773. The number of nitrogens with two attached hydrogens (primary N) is 1. The van der Waals surface area contributed by atoms with Gasteiger partial charge in [0.15, 0.2) is 11.5 Å². The summed E-state index contributed by atoms with van der Waals surface area (Å²) in [6.07, 6.45) is 10.6. The summed E-state index contributed by atoms with van der Waals surface area (Å²) in [6, 6.07) is -0.0712. The molecular formula is C16H21N5O2. The molecule has 3 N–H and O–H groups in total. The number of nitrogen functional groups attached to an aromatic ring is 1. The monoisotopic (exact) mass is 315 g/mol.